The number of aliphatic hydroxyl groups is 1. The van der Waals surface area contributed by atoms with E-state index in [0.29, 0.717) is 6.42 Å². The fourth-order valence-corrected chi connectivity index (χ4v) is 2.09. The molecule has 0 aliphatic rings. The number of hydrogen-bond acceptors (Lipinski definition) is 2. The molecule has 0 fully saturated rings. The third-order valence-corrected chi connectivity index (χ3v) is 3.06. The molecular weight excluding hydrogens is 254 g/mol. The first kappa shape index (κ1) is 14.3. The second-order valence-corrected chi connectivity index (χ2v) is 4.89. The molecule has 1 atom stereocenters. The smallest absolute Gasteiger partial charge is 0.262 e. The molecule has 0 saturated heterocycles. The molecule has 5 nitrogen and oxygen atoms in total. The summed E-state index contributed by atoms with van der Waals surface area (Å²) in [6.45, 7) is 0.187. The highest BCUT2D eigenvalue weighted by molar-refractivity contribution is 5.76. The molecule has 0 radical (unpaired) electrons. The van der Waals surface area contributed by atoms with Crippen molar-refractivity contribution in [2.24, 2.45) is 7.05 Å². The van der Waals surface area contributed by atoms with Gasteiger partial charge in [-0.3, -0.25) is 4.79 Å². The summed E-state index contributed by atoms with van der Waals surface area (Å²) in [4.78, 5) is 11.9. The zero-order chi connectivity index (χ0) is 14.4. The molecule has 5 heteroatoms. The van der Waals surface area contributed by atoms with Crippen LogP contribution in [0.25, 0.3) is 0 Å². The lowest BCUT2D eigenvalue weighted by Gasteiger charge is -2.15. The fraction of sp³-hybridized carbons (Fsp3) is 0.333. The summed E-state index contributed by atoms with van der Waals surface area (Å²) >= 11 is 0. The third kappa shape index (κ3) is 4.20. The molecule has 0 unspecified atom stereocenters. The molecule has 1 aromatic carbocycles. The van der Waals surface area contributed by atoms with Gasteiger partial charge >= 0.3 is 0 Å². The number of aryl methyl sites for hydroxylation is 1. The van der Waals surface area contributed by atoms with Gasteiger partial charge in [-0.25, -0.2) is 9.13 Å². The number of hydrogen-bond donors (Lipinski definition) is 2. The Bertz CT molecular complexity index is 551. The SMILES string of the molecule is C[n+]1ccn(CC(=O)N[C@H](CO)Cc2ccccc2)c1. The van der Waals surface area contributed by atoms with Crippen LogP contribution in [-0.2, 0) is 24.8 Å². The zero-order valence-electron chi connectivity index (χ0n) is 11.6. The highest BCUT2D eigenvalue weighted by Crippen LogP contribution is 2.03. The minimum atomic E-state index is -0.255. The predicted molar refractivity (Wildman–Crippen MR) is 74.8 cm³/mol. The Balaban J connectivity index is 1.88. The summed E-state index contributed by atoms with van der Waals surface area (Å²) in [5.41, 5.74) is 1.10. The largest absolute Gasteiger partial charge is 0.394 e. The average molecular weight is 274 g/mol. The second-order valence-electron chi connectivity index (χ2n) is 4.89. The van der Waals surface area contributed by atoms with Crippen LogP contribution >= 0.6 is 0 Å². The van der Waals surface area contributed by atoms with Crippen LogP contribution in [0.5, 0.6) is 0 Å². The molecule has 2 rings (SSSR count). The van der Waals surface area contributed by atoms with Gasteiger partial charge in [-0.05, 0) is 12.0 Å². The van der Waals surface area contributed by atoms with Gasteiger partial charge in [0.25, 0.3) is 5.91 Å². The number of aromatic nitrogens is 2. The molecule has 1 heterocycles. The topological polar surface area (TPSA) is 58.1 Å². The van der Waals surface area contributed by atoms with E-state index in [0.717, 1.165) is 5.56 Å². The first-order valence-corrected chi connectivity index (χ1v) is 6.62. The molecule has 1 aromatic heterocycles. The minimum absolute atomic E-state index is 0.0694. The molecule has 0 bridgehead atoms. The highest BCUT2D eigenvalue weighted by atomic mass is 16.3. The molecule has 2 aromatic rings. The van der Waals surface area contributed by atoms with Gasteiger partial charge in [0.05, 0.1) is 19.7 Å². The van der Waals surface area contributed by atoms with Crippen molar-refractivity contribution in [2.45, 2.75) is 19.0 Å². The average Bonchev–Trinajstić information content (AvgIpc) is 2.84. The highest BCUT2D eigenvalue weighted by Gasteiger charge is 2.14. The van der Waals surface area contributed by atoms with E-state index in [-0.39, 0.29) is 25.1 Å². The molecule has 0 spiro atoms. The number of nitrogens with zero attached hydrogens (tertiary/aromatic N) is 2. The molecule has 20 heavy (non-hydrogen) atoms. The lowest BCUT2D eigenvalue weighted by Crippen LogP contribution is -2.40. The van der Waals surface area contributed by atoms with Crippen molar-refractivity contribution >= 4 is 5.91 Å². The molecule has 106 valence electrons. The summed E-state index contributed by atoms with van der Waals surface area (Å²) in [5, 5.41) is 12.2. The van der Waals surface area contributed by atoms with E-state index in [4.69, 9.17) is 0 Å². The number of imidazole rings is 1. The van der Waals surface area contributed by atoms with Gasteiger partial charge in [-0.1, -0.05) is 30.3 Å². The molecule has 0 saturated carbocycles. The quantitative estimate of drug-likeness (QED) is 0.730. The normalized spacial score (nSPS) is 12.1. The number of carbonyl (C=O) groups excluding carboxylic acids is 1. The number of benzene rings is 1. The van der Waals surface area contributed by atoms with Crippen molar-refractivity contribution in [3.05, 3.63) is 54.6 Å². The van der Waals surface area contributed by atoms with Gasteiger partial charge in [0, 0.05) is 0 Å². The van der Waals surface area contributed by atoms with Gasteiger partial charge in [0.1, 0.15) is 12.4 Å². The predicted octanol–water partition coefficient (Wildman–Crippen LogP) is 0.0324. The van der Waals surface area contributed by atoms with Crippen molar-refractivity contribution in [3.63, 3.8) is 0 Å². The van der Waals surface area contributed by atoms with E-state index in [2.05, 4.69) is 5.32 Å². The van der Waals surface area contributed by atoms with Crippen LogP contribution in [0.4, 0.5) is 0 Å². The number of amides is 1. The van der Waals surface area contributed by atoms with Gasteiger partial charge in [0.2, 0.25) is 6.33 Å². The molecule has 2 N–H and O–H groups in total. The van der Waals surface area contributed by atoms with Crippen molar-refractivity contribution < 1.29 is 14.5 Å². The number of rotatable bonds is 6. The van der Waals surface area contributed by atoms with Crippen LogP contribution in [0.1, 0.15) is 5.56 Å². The first-order chi connectivity index (χ1) is 9.67. The molecule has 0 aliphatic heterocycles. The Labute approximate surface area is 118 Å². The van der Waals surface area contributed by atoms with Crippen LogP contribution in [-0.4, -0.2) is 28.2 Å². The molecular formula is C15H20N3O2+. The van der Waals surface area contributed by atoms with Crippen LogP contribution in [0.2, 0.25) is 0 Å². The van der Waals surface area contributed by atoms with Gasteiger partial charge in [-0.15, -0.1) is 0 Å². The van der Waals surface area contributed by atoms with E-state index in [9.17, 15) is 9.90 Å². The lowest BCUT2D eigenvalue weighted by molar-refractivity contribution is -0.671. The van der Waals surface area contributed by atoms with Crippen LogP contribution < -0.4 is 9.88 Å². The first-order valence-electron chi connectivity index (χ1n) is 6.62. The Kier molecular flexibility index (Phi) is 4.90. The Hall–Kier alpha value is -2.14. The number of carbonyl (C=O) groups is 1. The van der Waals surface area contributed by atoms with Crippen molar-refractivity contribution in [2.75, 3.05) is 6.61 Å². The Morgan fingerprint density at radius 1 is 1.40 bits per heavy atom. The summed E-state index contributed by atoms with van der Waals surface area (Å²) in [6.07, 6.45) is 6.18. The lowest BCUT2D eigenvalue weighted by atomic mass is 10.1. The van der Waals surface area contributed by atoms with E-state index < -0.39 is 0 Å². The van der Waals surface area contributed by atoms with Gasteiger partial charge in [-0.2, -0.15) is 0 Å². The summed E-state index contributed by atoms with van der Waals surface area (Å²) < 4.78 is 3.67. The van der Waals surface area contributed by atoms with Crippen molar-refractivity contribution in [3.8, 4) is 0 Å². The number of nitrogens with one attached hydrogen (secondary N) is 1. The summed E-state index contributed by atoms with van der Waals surface area (Å²) in [5.74, 6) is -0.101. The monoisotopic (exact) mass is 274 g/mol. The molecule has 1 amide bonds. The number of aliphatic hydroxyl groups excluding tert-OH is 1. The minimum Gasteiger partial charge on any atom is -0.394 e. The van der Waals surface area contributed by atoms with Gasteiger partial charge in [0.15, 0.2) is 6.54 Å². The van der Waals surface area contributed by atoms with Crippen molar-refractivity contribution in [1.29, 1.82) is 0 Å². The Morgan fingerprint density at radius 3 is 2.75 bits per heavy atom. The van der Waals surface area contributed by atoms with E-state index in [1.807, 2.05) is 60.7 Å². The Morgan fingerprint density at radius 2 is 2.15 bits per heavy atom. The van der Waals surface area contributed by atoms with Crippen molar-refractivity contribution in [1.82, 2.24) is 9.88 Å². The van der Waals surface area contributed by atoms with Crippen LogP contribution in [0.15, 0.2) is 49.1 Å². The standard InChI is InChI=1S/C15H19N3O2/c1-17-7-8-18(12-17)10-15(20)16-14(11-19)9-13-5-3-2-4-6-13/h2-8,12,14,19H,9-11H2,1H3/p+1/t14-/m0/s1. The van der Waals surface area contributed by atoms with Gasteiger partial charge < -0.3 is 10.4 Å². The maximum absolute atomic E-state index is 11.9. The maximum Gasteiger partial charge on any atom is 0.262 e. The van der Waals surface area contributed by atoms with E-state index >= 15 is 0 Å². The van der Waals surface area contributed by atoms with Crippen LogP contribution in [0.3, 0.4) is 0 Å². The van der Waals surface area contributed by atoms with Crippen LogP contribution in [0, 0.1) is 0 Å². The third-order valence-electron chi connectivity index (χ3n) is 3.06. The fourth-order valence-electron chi connectivity index (χ4n) is 2.09. The maximum atomic E-state index is 11.9. The summed E-state index contributed by atoms with van der Waals surface area (Å²) in [6, 6.07) is 9.56. The second kappa shape index (κ2) is 6.86. The molecule has 0 aliphatic carbocycles. The zero-order valence-corrected chi connectivity index (χ0v) is 11.6. The van der Waals surface area contributed by atoms with E-state index in [1.54, 1.807) is 4.57 Å². The van der Waals surface area contributed by atoms with E-state index in [1.165, 1.54) is 0 Å². The summed E-state index contributed by atoms with van der Waals surface area (Å²) in [7, 11) is 1.90.